The molecule has 0 spiro atoms. The summed E-state index contributed by atoms with van der Waals surface area (Å²) in [7, 11) is 1.82. The Morgan fingerprint density at radius 2 is 2.11 bits per heavy atom. The molecule has 1 atom stereocenters. The Labute approximate surface area is 172 Å². The highest BCUT2D eigenvalue weighted by atomic mass is 32.1. The van der Waals surface area contributed by atoms with Crippen LogP contribution in [0.4, 0.5) is 0 Å². The summed E-state index contributed by atoms with van der Waals surface area (Å²) < 4.78 is 5.55. The zero-order valence-corrected chi connectivity index (χ0v) is 17.9. The molecule has 1 saturated heterocycles. The molecule has 6 nitrogen and oxygen atoms in total. The zero-order valence-electron chi connectivity index (χ0n) is 17.1. The summed E-state index contributed by atoms with van der Waals surface area (Å²) in [6.45, 7) is 9.30. The first kappa shape index (κ1) is 20.8. The molecule has 28 heavy (non-hydrogen) atoms. The molecule has 152 valence electrons. The molecule has 3 rings (SSSR count). The minimum Gasteiger partial charge on any atom is -0.379 e. The van der Waals surface area contributed by atoms with Gasteiger partial charge in [-0.15, -0.1) is 11.3 Å². The molecule has 1 aromatic carbocycles. The number of nitrogens with zero attached hydrogens (tertiary/aromatic N) is 3. The number of aryl methyl sites for hydroxylation is 2. The topological polar surface area (TPSA) is 61.8 Å². The maximum atomic E-state index is 5.55. The second-order valence-electron chi connectivity index (χ2n) is 7.07. The van der Waals surface area contributed by atoms with Crippen molar-refractivity contribution in [2.45, 2.75) is 26.3 Å². The molecule has 0 amide bonds. The zero-order chi connectivity index (χ0) is 19.8. The van der Waals surface area contributed by atoms with Crippen LogP contribution in [0, 0.1) is 13.8 Å². The van der Waals surface area contributed by atoms with Gasteiger partial charge in [0.1, 0.15) is 0 Å². The van der Waals surface area contributed by atoms with Crippen molar-refractivity contribution < 1.29 is 4.74 Å². The fourth-order valence-electron chi connectivity index (χ4n) is 3.47. The standard InChI is InChI=1S/C21H31N5OS/c1-16-5-4-6-18(13-16)20(26-9-11-27-12-10-26)14-24-21(22-3)23-8-7-19-15-28-17(2)25-19/h4-6,13,15,20H,7-12,14H2,1-3H3,(H2,22,23,24). The van der Waals surface area contributed by atoms with E-state index in [9.17, 15) is 0 Å². The van der Waals surface area contributed by atoms with Gasteiger partial charge in [0.2, 0.25) is 0 Å². The first-order valence-corrected chi connectivity index (χ1v) is 10.8. The van der Waals surface area contributed by atoms with Crippen molar-refractivity contribution in [1.82, 2.24) is 20.5 Å². The lowest BCUT2D eigenvalue weighted by atomic mass is 10.0. The predicted octanol–water partition coefficient (Wildman–Crippen LogP) is 2.54. The number of aliphatic imine (C=N–C) groups is 1. The average Bonchev–Trinajstić information content (AvgIpc) is 3.13. The molecule has 0 saturated carbocycles. The van der Waals surface area contributed by atoms with Gasteiger partial charge in [0.05, 0.1) is 30.0 Å². The molecule has 1 aliphatic rings. The van der Waals surface area contributed by atoms with Crippen molar-refractivity contribution in [3.63, 3.8) is 0 Å². The van der Waals surface area contributed by atoms with E-state index in [4.69, 9.17) is 4.74 Å². The number of benzene rings is 1. The Morgan fingerprint density at radius 1 is 1.29 bits per heavy atom. The minimum absolute atomic E-state index is 0.295. The maximum Gasteiger partial charge on any atom is 0.191 e. The fourth-order valence-corrected chi connectivity index (χ4v) is 4.12. The fraction of sp³-hybridized carbons (Fsp3) is 0.524. The van der Waals surface area contributed by atoms with Crippen LogP contribution in [0.25, 0.3) is 0 Å². The molecule has 0 bridgehead atoms. The number of thiazole rings is 1. The molecule has 1 unspecified atom stereocenters. The smallest absolute Gasteiger partial charge is 0.191 e. The van der Waals surface area contributed by atoms with Crippen molar-refractivity contribution in [2.24, 2.45) is 4.99 Å². The molecule has 0 aliphatic carbocycles. The summed E-state index contributed by atoms with van der Waals surface area (Å²) in [6, 6.07) is 9.08. The molecule has 2 heterocycles. The molecule has 1 aliphatic heterocycles. The highest BCUT2D eigenvalue weighted by Gasteiger charge is 2.23. The quantitative estimate of drug-likeness (QED) is 0.551. The van der Waals surface area contributed by atoms with E-state index in [1.165, 1.54) is 11.1 Å². The van der Waals surface area contributed by atoms with Crippen molar-refractivity contribution in [3.05, 3.63) is 51.5 Å². The van der Waals surface area contributed by atoms with E-state index >= 15 is 0 Å². The monoisotopic (exact) mass is 401 g/mol. The molecule has 1 fully saturated rings. The van der Waals surface area contributed by atoms with E-state index in [2.05, 4.69) is 62.1 Å². The number of ether oxygens (including phenoxy) is 1. The second-order valence-corrected chi connectivity index (χ2v) is 8.13. The van der Waals surface area contributed by atoms with E-state index in [0.717, 1.165) is 62.5 Å². The SMILES string of the molecule is CN=C(NCCc1csc(C)n1)NCC(c1cccc(C)c1)N1CCOCC1. The Hall–Kier alpha value is -1.96. The van der Waals surface area contributed by atoms with Gasteiger partial charge in [-0.3, -0.25) is 9.89 Å². The predicted molar refractivity (Wildman–Crippen MR) is 116 cm³/mol. The van der Waals surface area contributed by atoms with Gasteiger partial charge in [0, 0.05) is 45.0 Å². The van der Waals surface area contributed by atoms with Gasteiger partial charge in [-0.1, -0.05) is 29.8 Å². The van der Waals surface area contributed by atoms with Crippen LogP contribution in [0.2, 0.25) is 0 Å². The number of morpholine rings is 1. The van der Waals surface area contributed by atoms with E-state index in [0.29, 0.717) is 6.04 Å². The maximum absolute atomic E-state index is 5.55. The Kier molecular flexibility index (Phi) is 7.82. The molecule has 2 aromatic rings. The third kappa shape index (κ3) is 6.02. The van der Waals surface area contributed by atoms with Crippen molar-refractivity contribution >= 4 is 17.3 Å². The molecular weight excluding hydrogens is 370 g/mol. The van der Waals surface area contributed by atoms with Crippen LogP contribution < -0.4 is 10.6 Å². The van der Waals surface area contributed by atoms with Crippen LogP contribution in [0.15, 0.2) is 34.6 Å². The summed E-state index contributed by atoms with van der Waals surface area (Å²) >= 11 is 1.70. The first-order valence-electron chi connectivity index (χ1n) is 9.89. The van der Waals surface area contributed by atoms with Gasteiger partial charge < -0.3 is 15.4 Å². The minimum atomic E-state index is 0.295. The molecule has 0 radical (unpaired) electrons. The first-order chi connectivity index (χ1) is 13.7. The highest BCUT2D eigenvalue weighted by molar-refractivity contribution is 7.09. The summed E-state index contributed by atoms with van der Waals surface area (Å²) in [4.78, 5) is 11.4. The Bertz CT molecular complexity index is 770. The van der Waals surface area contributed by atoms with E-state index < -0.39 is 0 Å². The summed E-state index contributed by atoms with van der Waals surface area (Å²) in [5, 5.41) is 10.2. The molecule has 2 N–H and O–H groups in total. The third-order valence-electron chi connectivity index (χ3n) is 4.94. The Morgan fingerprint density at radius 3 is 2.79 bits per heavy atom. The average molecular weight is 402 g/mol. The van der Waals surface area contributed by atoms with Crippen LogP contribution in [0.1, 0.15) is 27.9 Å². The van der Waals surface area contributed by atoms with Crippen molar-refractivity contribution in [3.8, 4) is 0 Å². The van der Waals surface area contributed by atoms with Crippen LogP contribution in [-0.2, 0) is 11.2 Å². The number of rotatable bonds is 7. The lowest BCUT2D eigenvalue weighted by molar-refractivity contribution is 0.0170. The number of nitrogens with one attached hydrogen (secondary N) is 2. The summed E-state index contributed by atoms with van der Waals surface area (Å²) in [6.07, 6.45) is 0.899. The molecular formula is C21H31N5OS. The summed E-state index contributed by atoms with van der Waals surface area (Å²) in [5.74, 6) is 0.831. The van der Waals surface area contributed by atoms with Gasteiger partial charge in [0.15, 0.2) is 5.96 Å². The van der Waals surface area contributed by atoms with Gasteiger partial charge in [0.25, 0.3) is 0 Å². The van der Waals surface area contributed by atoms with Gasteiger partial charge in [-0.25, -0.2) is 4.98 Å². The van der Waals surface area contributed by atoms with Gasteiger partial charge in [-0.05, 0) is 19.4 Å². The second kappa shape index (κ2) is 10.5. The lowest BCUT2D eigenvalue weighted by Gasteiger charge is -2.35. The normalized spacial score (nSPS) is 16.8. The number of hydrogen-bond donors (Lipinski definition) is 2. The lowest BCUT2D eigenvalue weighted by Crippen LogP contribution is -2.46. The van der Waals surface area contributed by atoms with Crippen molar-refractivity contribution in [1.29, 1.82) is 0 Å². The van der Waals surface area contributed by atoms with E-state index in [1.807, 2.05) is 14.0 Å². The third-order valence-corrected chi connectivity index (χ3v) is 5.76. The van der Waals surface area contributed by atoms with Crippen LogP contribution >= 0.6 is 11.3 Å². The number of guanidine groups is 1. The number of aromatic nitrogens is 1. The highest BCUT2D eigenvalue weighted by Crippen LogP contribution is 2.22. The van der Waals surface area contributed by atoms with Gasteiger partial charge in [-0.2, -0.15) is 0 Å². The van der Waals surface area contributed by atoms with Crippen molar-refractivity contribution in [2.75, 3.05) is 46.4 Å². The van der Waals surface area contributed by atoms with Crippen LogP contribution in [0.3, 0.4) is 0 Å². The van der Waals surface area contributed by atoms with Crippen LogP contribution in [0.5, 0.6) is 0 Å². The largest absolute Gasteiger partial charge is 0.379 e. The Balaban J connectivity index is 1.57. The molecule has 7 heteroatoms. The summed E-state index contributed by atoms with van der Waals surface area (Å²) in [5.41, 5.74) is 3.76. The van der Waals surface area contributed by atoms with E-state index in [-0.39, 0.29) is 0 Å². The van der Waals surface area contributed by atoms with Gasteiger partial charge >= 0.3 is 0 Å². The molecule has 1 aromatic heterocycles. The van der Waals surface area contributed by atoms with E-state index in [1.54, 1.807) is 11.3 Å². The van der Waals surface area contributed by atoms with Crippen LogP contribution in [-0.4, -0.2) is 62.3 Å². The number of hydrogen-bond acceptors (Lipinski definition) is 5.